The fourth-order valence-corrected chi connectivity index (χ4v) is 2.99. The van der Waals surface area contributed by atoms with Gasteiger partial charge in [0.1, 0.15) is 0 Å². The van der Waals surface area contributed by atoms with Crippen molar-refractivity contribution in [3.8, 4) is 0 Å². The summed E-state index contributed by atoms with van der Waals surface area (Å²) in [6.45, 7) is 7.36. The molecule has 0 aliphatic carbocycles. The van der Waals surface area contributed by atoms with Crippen LogP contribution in [0.1, 0.15) is 18.1 Å². The van der Waals surface area contributed by atoms with Crippen LogP contribution < -0.4 is 5.32 Å². The lowest BCUT2D eigenvalue weighted by Gasteiger charge is -2.33. The van der Waals surface area contributed by atoms with Gasteiger partial charge in [0.2, 0.25) is 0 Å². The maximum atomic E-state index is 4.36. The van der Waals surface area contributed by atoms with E-state index in [1.807, 2.05) is 10.9 Å². The Bertz CT molecular complexity index is 549. The molecule has 1 aromatic carbocycles. The predicted molar refractivity (Wildman–Crippen MR) is 85.1 cm³/mol. The minimum absolute atomic E-state index is 0.544. The van der Waals surface area contributed by atoms with E-state index in [-0.39, 0.29) is 0 Å². The van der Waals surface area contributed by atoms with Gasteiger partial charge in [-0.2, -0.15) is 5.10 Å². The molecule has 1 aliphatic rings. The van der Waals surface area contributed by atoms with E-state index in [0.717, 1.165) is 39.1 Å². The maximum absolute atomic E-state index is 4.36. The highest BCUT2D eigenvalue weighted by atomic mass is 15.3. The number of hydrogen-bond donors (Lipinski definition) is 1. The van der Waals surface area contributed by atoms with E-state index < -0.39 is 0 Å². The molecule has 1 aliphatic heterocycles. The third-order valence-electron chi connectivity index (χ3n) is 4.08. The Balaban J connectivity index is 1.55. The molecule has 112 valence electrons. The van der Waals surface area contributed by atoms with Gasteiger partial charge in [0, 0.05) is 50.5 Å². The van der Waals surface area contributed by atoms with E-state index >= 15 is 0 Å². The second-order valence-corrected chi connectivity index (χ2v) is 5.78. The SMILES string of the molecule is CCn1cc(CN2CCNC(Cc3ccccc3)C2)cn1. The van der Waals surface area contributed by atoms with Crippen molar-refractivity contribution in [3.05, 3.63) is 53.9 Å². The van der Waals surface area contributed by atoms with Gasteiger partial charge in [-0.25, -0.2) is 0 Å². The highest BCUT2D eigenvalue weighted by molar-refractivity contribution is 5.16. The highest BCUT2D eigenvalue weighted by Crippen LogP contribution is 2.10. The van der Waals surface area contributed by atoms with Crippen LogP contribution in [0.5, 0.6) is 0 Å². The Morgan fingerprint density at radius 2 is 2.10 bits per heavy atom. The van der Waals surface area contributed by atoms with Crippen LogP contribution in [0.4, 0.5) is 0 Å². The molecule has 2 aromatic rings. The first-order valence-electron chi connectivity index (χ1n) is 7.84. The fraction of sp³-hybridized carbons (Fsp3) is 0.471. The summed E-state index contributed by atoms with van der Waals surface area (Å²) in [4.78, 5) is 2.53. The highest BCUT2D eigenvalue weighted by Gasteiger charge is 2.19. The second kappa shape index (κ2) is 6.87. The van der Waals surface area contributed by atoms with Gasteiger partial charge >= 0.3 is 0 Å². The van der Waals surface area contributed by atoms with Crippen molar-refractivity contribution in [1.82, 2.24) is 20.0 Å². The molecular weight excluding hydrogens is 260 g/mol. The van der Waals surface area contributed by atoms with Crippen molar-refractivity contribution in [2.45, 2.75) is 32.5 Å². The topological polar surface area (TPSA) is 33.1 Å². The van der Waals surface area contributed by atoms with E-state index in [1.54, 1.807) is 0 Å². The summed E-state index contributed by atoms with van der Waals surface area (Å²) in [7, 11) is 0. The lowest BCUT2D eigenvalue weighted by molar-refractivity contribution is 0.192. The fourth-order valence-electron chi connectivity index (χ4n) is 2.99. The monoisotopic (exact) mass is 284 g/mol. The first kappa shape index (κ1) is 14.3. The third kappa shape index (κ3) is 3.93. The van der Waals surface area contributed by atoms with Crippen molar-refractivity contribution in [2.24, 2.45) is 0 Å². The lowest BCUT2D eigenvalue weighted by Crippen LogP contribution is -2.51. The van der Waals surface area contributed by atoms with Crippen molar-refractivity contribution in [1.29, 1.82) is 0 Å². The Hall–Kier alpha value is -1.65. The number of aromatic nitrogens is 2. The van der Waals surface area contributed by atoms with Crippen LogP contribution in [0.2, 0.25) is 0 Å². The standard InChI is InChI=1S/C17H24N4/c1-2-21-13-16(11-19-21)12-20-9-8-18-17(14-20)10-15-6-4-3-5-7-15/h3-7,11,13,17-18H,2,8-10,12,14H2,1H3. The summed E-state index contributed by atoms with van der Waals surface area (Å²) < 4.78 is 2.00. The van der Waals surface area contributed by atoms with Crippen LogP contribution in [-0.4, -0.2) is 40.4 Å². The summed E-state index contributed by atoms with van der Waals surface area (Å²) >= 11 is 0. The smallest absolute Gasteiger partial charge is 0.0534 e. The van der Waals surface area contributed by atoms with Crippen molar-refractivity contribution >= 4 is 0 Å². The van der Waals surface area contributed by atoms with Crippen LogP contribution in [0.15, 0.2) is 42.7 Å². The van der Waals surface area contributed by atoms with Gasteiger partial charge in [0.05, 0.1) is 6.20 Å². The molecule has 4 heteroatoms. The normalized spacial score (nSPS) is 19.8. The molecule has 1 unspecified atom stereocenters. The van der Waals surface area contributed by atoms with Crippen LogP contribution >= 0.6 is 0 Å². The van der Waals surface area contributed by atoms with Gasteiger partial charge < -0.3 is 5.32 Å². The molecule has 0 radical (unpaired) electrons. The molecule has 0 amide bonds. The van der Waals surface area contributed by atoms with Gasteiger partial charge in [-0.3, -0.25) is 9.58 Å². The minimum Gasteiger partial charge on any atom is -0.311 e. The van der Waals surface area contributed by atoms with Crippen molar-refractivity contribution in [2.75, 3.05) is 19.6 Å². The van der Waals surface area contributed by atoms with Gasteiger partial charge in [-0.05, 0) is 18.9 Å². The number of benzene rings is 1. The average Bonchev–Trinajstić information content (AvgIpc) is 2.96. The van der Waals surface area contributed by atoms with Crippen LogP contribution in [0.25, 0.3) is 0 Å². The van der Waals surface area contributed by atoms with E-state index in [1.165, 1.54) is 11.1 Å². The Morgan fingerprint density at radius 1 is 1.24 bits per heavy atom. The number of rotatable bonds is 5. The molecule has 2 heterocycles. The van der Waals surface area contributed by atoms with Crippen LogP contribution in [0.3, 0.4) is 0 Å². The van der Waals surface area contributed by atoms with Crippen molar-refractivity contribution < 1.29 is 0 Å². The Labute approximate surface area is 126 Å². The molecule has 3 rings (SSSR count). The lowest BCUT2D eigenvalue weighted by atomic mass is 10.0. The first-order chi connectivity index (χ1) is 10.3. The summed E-state index contributed by atoms with van der Waals surface area (Å²) in [6.07, 6.45) is 5.26. The maximum Gasteiger partial charge on any atom is 0.0534 e. The van der Waals surface area contributed by atoms with Crippen LogP contribution in [0, 0.1) is 0 Å². The number of nitrogens with one attached hydrogen (secondary N) is 1. The molecule has 21 heavy (non-hydrogen) atoms. The van der Waals surface area contributed by atoms with Gasteiger partial charge in [-0.1, -0.05) is 30.3 Å². The summed E-state index contributed by atoms with van der Waals surface area (Å²) in [6, 6.07) is 11.3. The van der Waals surface area contributed by atoms with E-state index in [4.69, 9.17) is 0 Å². The summed E-state index contributed by atoms with van der Waals surface area (Å²) in [5, 5.41) is 8.00. The Morgan fingerprint density at radius 3 is 2.86 bits per heavy atom. The van der Waals surface area contributed by atoms with E-state index in [2.05, 4.69) is 58.8 Å². The number of hydrogen-bond acceptors (Lipinski definition) is 3. The van der Waals surface area contributed by atoms with E-state index in [9.17, 15) is 0 Å². The summed E-state index contributed by atoms with van der Waals surface area (Å²) in [5.74, 6) is 0. The zero-order valence-corrected chi connectivity index (χ0v) is 12.7. The molecule has 4 nitrogen and oxygen atoms in total. The Kier molecular flexibility index (Phi) is 4.68. The quantitative estimate of drug-likeness (QED) is 0.910. The molecular formula is C17H24N4. The third-order valence-corrected chi connectivity index (χ3v) is 4.08. The summed E-state index contributed by atoms with van der Waals surface area (Å²) in [5.41, 5.74) is 2.73. The largest absolute Gasteiger partial charge is 0.311 e. The molecule has 1 saturated heterocycles. The molecule has 1 fully saturated rings. The molecule has 0 saturated carbocycles. The average molecular weight is 284 g/mol. The molecule has 0 bridgehead atoms. The molecule has 1 N–H and O–H groups in total. The number of nitrogens with zero attached hydrogens (tertiary/aromatic N) is 3. The van der Waals surface area contributed by atoms with Crippen LogP contribution in [-0.2, 0) is 19.5 Å². The van der Waals surface area contributed by atoms with Crippen molar-refractivity contribution in [3.63, 3.8) is 0 Å². The van der Waals surface area contributed by atoms with Gasteiger partial charge in [0.15, 0.2) is 0 Å². The molecule has 1 aromatic heterocycles. The van der Waals surface area contributed by atoms with Gasteiger partial charge in [0.25, 0.3) is 0 Å². The number of piperazine rings is 1. The van der Waals surface area contributed by atoms with Gasteiger partial charge in [-0.15, -0.1) is 0 Å². The zero-order valence-electron chi connectivity index (χ0n) is 12.7. The first-order valence-corrected chi connectivity index (χ1v) is 7.84. The second-order valence-electron chi connectivity index (χ2n) is 5.78. The molecule has 1 atom stereocenters. The minimum atomic E-state index is 0.544. The number of aryl methyl sites for hydroxylation is 1. The predicted octanol–water partition coefficient (Wildman–Crippen LogP) is 1.92. The molecule has 0 spiro atoms. The van der Waals surface area contributed by atoms with E-state index in [0.29, 0.717) is 6.04 Å². The zero-order chi connectivity index (χ0) is 14.5.